The highest BCUT2D eigenvalue weighted by Crippen LogP contribution is 2.44. The van der Waals surface area contributed by atoms with Gasteiger partial charge in [-0.1, -0.05) is 13.8 Å². The highest BCUT2D eigenvalue weighted by atomic mass is 16.1. The molecule has 0 saturated heterocycles. The number of Topliss-reactive ketones (excluding diaryl/α,β-unsaturated/α-hetero) is 2. The van der Waals surface area contributed by atoms with Crippen LogP contribution >= 0.6 is 0 Å². The van der Waals surface area contributed by atoms with Crippen LogP contribution in [-0.2, 0) is 9.59 Å². The van der Waals surface area contributed by atoms with Gasteiger partial charge in [-0.2, -0.15) is 0 Å². The van der Waals surface area contributed by atoms with E-state index in [1.165, 1.54) is 0 Å². The van der Waals surface area contributed by atoms with E-state index in [-0.39, 0.29) is 5.92 Å². The number of fused-ring (bicyclic) bond motifs is 1. The Labute approximate surface area is 85.1 Å². The second kappa shape index (κ2) is 3.48. The summed E-state index contributed by atoms with van der Waals surface area (Å²) in [6, 6.07) is 0. The molecule has 3 atom stereocenters. The Bertz CT molecular complexity index is 267. The number of hydrogen-bond donors (Lipinski definition) is 0. The number of carbonyl (C=O) groups is 2. The second-order valence-electron chi connectivity index (χ2n) is 5.15. The van der Waals surface area contributed by atoms with Crippen molar-refractivity contribution >= 4 is 11.6 Å². The van der Waals surface area contributed by atoms with Gasteiger partial charge in [-0.25, -0.2) is 0 Å². The summed E-state index contributed by atoms with van der Waals surface area (Å²) < 4.78 is 0. The fourth-order valence-corrected chi connectivity index (χ4v) is 3.17. The third-order valence-corrected chi connectivity index (χ3v) is 3.91. The van der Waals surface area contributed by atoms with Crippen LogP contribution in [0.1, 0.15) is 39.5 Å². The van der Waals surface area contributed by atoms with Crippen molar-refractivity contribution in [3.05, 3.63) is 0 Å². The van der Waals surface area contributed by atoms with Gasteiger partial charge >= 0.3 is 0 Å². The molecule has 2 heteroatoms. The molecule has 0 aromatic carbocycles. The van der Waals surface area contributed by atoms with Crippen LogP contribution in [0.25, 0.3) is 0 Å². The molecule has 2 nitrogen and oxygen atoms in total. The van der Waals surface area contributed by atoms with E-state index in [4.69, 9.17) is 0 Å². The zero-order valence-electron chi connectivity index (χ0n) is 8.95. The molecule has 78 valence electrons. The second-order valence-corrected chi connectivity index (χ2v) is 5.15. The molecular formula is C12H18O2. The van der Waals surface area contributed by atoms with Crippen LogP contribution in [0.3, 0.4) is 0 Å². The first-order valence-electron chi connectivity index (χ1n) is 5.64. The first-order chi connectivity index (χ1) is 6.59. The lowest BCUT2D eigenvalue weighted by Crippen LogP contribution is -2.35. The number of rotatable bonds is 1. The van der Waals surface area contributed by atoms with E-state index < -0.39 is 0 Å². The highest BCUT2D eigenvalue weighted by Gasteiger charge is 2.45. The maximum absolute atomic E-state index is 11.7. The van der Waals surface area contributed by atoms with E-state index >= 15 is 0 Å². The SMILES string of the molecule is CC(C)C1CC(=O)CC2CCC(=O)C21. The van der Waals surface area contributed by atoms with Gasteiger partial charge in [-0.05, 0) is 24.2 Å². The minimum absolute atomic E-state index is 0.215. The fourth-order valence-electron chi connectivity index (χ4n) is 3.17. The van der Waals surface area contributed by atoms with Crippen molar-refractivity contribution in [3.63, 3.8) is 0 Å². The molecule has 2 saturated carbocycles. The average Bonchev–Trinajstić information content (AvgIpc) is 2.46. The highest BCUT2D eigenvalue weighted by molar-refractivity contribution is 5.88. The molecule has 0 aliphatic heterocycles. The lowest BCUT2D eigenvalue weighted by atomic mass is 9.68. The first-order valence-corrected chi connectivity index (χ1v) is 5.64. The summed E-state index contributed by atoms with van der Waals surface area (Å²) >= 11 is 0. The third kappa shape index (κ3) is 1.51. The molecule has 0 radical (unpaired) electrons. The smallest absolute Gasteiger partial charge is 0.136 e. The molecule has 0 amide bonds. The molecule has 2 rings (SSSR count). The largest absolute Gasteiger partial charge is 0.300 e. The van der Waals surface area contributed by atoms with Crippen molar-refractivity contribution < 1.29 is 9.59 Å². The molecule has 2 aliphatic carbocycles. The van der Waals surface area contributed by atoms with Gasteiger partial charge in [0.2, 0.25) is 0 Å². The third-order valence-electron chi connectivity index (χ3n) is 3.91. The standard InChI is InChI=1S/C12H18O2/c1-7(2)10-6-9(13)5-8-3-4-11(14)12(8)10/h7-8,10,12H,3-6H2,1-2H3. The van der Waals surface area contributed by atoms with Gasteiger partial charge in [0.05, 0.1) is 0 Å². The van der Waals surface area contributed by atoms with Crippen LogP contribution in [0.15, 0.2) is 0 Å². The maximum Gasteiger partial charge on any atom is 0.136 e. The Balaban J connectivity index is 2.21. The monoisotopic (exact) mass is 194 g/mol. The first kappa shape index (κ1) is 9.88. The fraction of sp³-hybridized carbons (Fsp3) is 0.833. The molecule has 0 aromatic rings. The lowest BCUT2D eigenvalue weighted by molar-refractivity contribution is -0.130. The summed E-state index contributed by atoms with van der Waals surface area (Å²) in [7, 11) is 0. The van der Waals surface area contributed by atoms with Gasteiger partial charge in [0.1, 0.15) is 11.6 Å². The number of hydrogen-bond acceptors (Lipinski definition) is 2. The summed E-state index contributed by atoms with van der Waals surface area (Å²) in [6.07, 6.45) is 2.98. The van der Waals surface area contributed by atoms with Gasteiger partial charge in [0, 0.05) is 25.2 Å². The molecule has 14 heavy (non-hydrogen) atoms. The van der Waals surface area contributed by atoms with Crippen LogP contribution in [0, 0.1) is 23.7 Å². The van der Waals surface area contributed by atoms with E-state index in [0.29, 0.717) is 48.6 Å². The van der Waals surface area contributed by atoms with Crippen LogP contribution in [0.2, 0.25) is 0 Å². The van der Waals surface area contributed by atoms with Gasteiger partial charge in [0.15, 0.2) is 0 Å². The van der Waals surface area contributed by atoms with Gasteiger partial charge in [0.25, 0.3) is 0 Å². The minimum atomic E-state index is 0.215. The normalized spacial score (nSPS) is 37.8. The number of ketones is 2. The van der Waals surface area contributed by atoms with E-state index in [1.807, 2.05) is 0 Å². The lowest BCUT2D eigenvalue weighted by Gasteiger charge is -2.34. The summed E-state index contributed by atoms with van der Waals surface area (Å²) in [5, 5.41) is 0. The van der Waals surface area contributed by atoms with Gasteiger partial charge in [-0.3, -0.25) is 9.59 Å². The summed E-state index contributed by atoms with van der Waals surface area (Å²) in [5.41, 5.74) is 0. The van der Waals surface area contributed by atoms with Crippen molar-refractivity contribution in [2.75, 3.05) is 0 Å². The zero-order chi connectivity index (χ0) is 10.3. The van der Waals surface area contributed by atoms with Gasteiger partial charge in [-0.15, -0.1) is 0 Å². The molecule has 3 unspecified atom stereocenters. The van der Waals surface area contributed by atoms with Crippen molar-refractivity contribution in [2.24, 2.45) is 23.7 Å². The van der Waals surface area contributed by atoms with Crippen LogP contribution in [0.4, 0.5) is 0 Å². The summed E-state index contributed by atoms with van der Waals surface area (Å²) in [4.78, 5) is 23.2. The topological polar surface area (TPSA) is 34.1 Å². The molecular weight excluding hydrogens is 176 g/mol. The van der Waals surface area contributed by atoms with Crippen LogP contribution < -0.4 is 0 Å². The average molecular weight is 194 g/mol. The molecule has 0 aromatic heterocycles. The quantitative estimate of drug-likeness (QED) is 0.641. The van der Waals surface area contributed by atoms with Gasteiger partial charge < -0.3 is 0 Å². The Morgan fingerprint density at radius 3 is 2.57 bits per heavy atom. The summed E-state index contributed by atoms with van der Waals surface area (Å²) in [5.74, 6) is 2.19. The van der Waals surface area contributed by atoms with E-state index in [1.54, 1.807) is 0 Å². The predicted octanol–water partition coefficient (Wildman–Crippen LogP) is 2.22. The molecule has 0 spiro atoms. The van der Waals surface area contributed by atoms with E-state index in [9.17, 15) is 9.59 Å². The van der Waals surface area contributed by atoms with E-state index in [2.05, 4.69) is 13.8 Å². The summed E-state index contributed by atoms with van der Waals surface area (Å²) in [6.45, 7) is 4.26. The zero-order valence-corrected chi connectivity index (χ0v) is 8.95. The van der Waals surface area contributed by atoms with Crippen molar-refractivity contribution in [3.8, 4) is 0 Å². The number of carbonyl (C=O) groups excluding carboxylic acids is 2. The molecule has 0 bridgehead atoms. The molecule has 0 heterocycles. The molecule has 0 N–H and O–H groups in total. The Morgan fingerprint density at radius 2 is 1.93 bits per heavy atom. The van der Waals surface area contributed by atoms with Crippen molar-refractivity contribution in [2.45, 2.75) is 39.5 Å². The minimum Gasteiger partial charge on any atom is -0.300 e. The molecule has 2 fully saturated rings. The Kier molecular flexibility index (Phi) is 2.46. The Hall–Kier alpha value is -0.660. The predicted molar refractivity (Wildman–Crippen MR) is 53.8 cm³/mol. The maximum atomic E-state index is 11.7. The van der Waals surface area contributed by atoms with Crippen molar-refractivity contribution in [1.82, 2.24) is 0 Å². The van der Waals surface area contributed by atoms with Crippen LogP contribution in [-0.4, -0.2) is 11.6 Å². The Morgan fingerprint density at radius 1 is 1.21 bits per heavy atom. The van der Waals surface area contributed by atoms with Crippen LogP contribution in [0.5, 0.6) is 0 Å². The van der Waals surface area contributed by atoms with Crippen molar-refractivity contribution in [1.29, 1.82) is 0 Å². The van der Waals surface area contributed by atoms with E-state index in [0.717, 1.165) is 6.42 Å². The molecule has 2 aliphatic rings.